The SMILES string of the molecule is CCOc1ccc(N(CC(=O)Nc2ccc(S(=O)(=O)Nc3ccccc3)cc2)S(=O)(=O)c2ccc(C)cc2)cc1. The highest BCUT2D eigenvalue weighted by Crippen LogP contribution is 2.26. The standard InChI is InChI=1S/C29H29N3O6S2/c1-3-38-26-15-13-25(14-16-26)32(40(36,37)28-17-9-22(2)10-18-28)21-29(33)30-23-11-19-27(20-12-23)39(34,35)31-24-7-5-4-6-8-24/h4-20,31H,3,21H2,1-2H3,(H,30,33). The van der Waals surface area contributed by atoms with E-state index in [1.807, 2.05) is 13.8 Å². The van der Waals surface area contributed by atoms with Crippen LogP contribution in [0.4, 0.5) is 17.1 Å². The summed E-state index contributed by atoms with van der Waals surface area (Å²) in [4.78, 5) is 13.1. The maximum atomic E-state index is 13.6. The Bertz CT molecular complexity index is 1660. The van der Waals surface area contributed by atoms with Gasteiger partial charge in [0.25, 0.3) is 20.0 Å². The molecule has 0 bridgehead atoms. The molecule has 9 nitrogen and oxygen atoms in total. The summed E-state index contributed by atoms with van der Waals surface area (Å²) in [6.07, 6.45) is 0. The number of aryl methyl sites for hydroxylation is 1. The number of hydrogen-bond donors (Lipinski definition) is 2. The smallest absolute Gasteiger partial charge is 0.264 e. The molecule has 2 N–H and O–H groups in total. The average molecular weight is 580 g/mol. The van der Waals surface area contributed by atoms with Gasteiger partial charge in [0.2, 0.25) is 5.91 Å². The lowest BCUT2D eigenvalue weighted by Gasteiger charge is -2.24. The van der Waals surface area contributed by atoms with Crippen molar-refractivity contribution in [2.24, 2.45) is 0 Å². The highest BCUT2D eigenvalue weighted by molar-refractivity contribution is 7.93. The Balaban J connectivity index is 1.54. The van der Waals surface area contributed by atoms with Gasteiger partial charge in [0, 0.05) is 11.4 Å². The Morgan fingerprint density at radius 1 is 0.750 bits per heavy atom. The van der Waals surface area contributed by atoms with Gasteiger partial charge in [-0.3, -0.25) is 13.8 Å². The molecule has 0 fully saturated rings. The van der Waals surface area contributed by atoms with Crippen LogP contribution in [0.2, 0.25) is 0 Å². The van der Waals surface area contributed by atoms with E-state index in [1.54, 1.807) is 66.7 Å². The van der Waals surface area contributed by atoms with Crippen LogP contribution in [-0.2, 0) is 24.8 Å². The monoisotopic (exact) mass is 579 g/mol. The van der Waals surface area contributed by atoms with Crippen LogP contribution < -0.4 is 19.1 Å². The number of anilines is 3. The summed E-state index contributed by atoms with van der Waals surface area (Å²) in [5, 5.41) is 2.65. The van der Waals surface area contributed by atoms with Crippen molar-refractivity contribution >= 4 is 43.0 Å². The molecule has 4 rings (SSSR count). The number of carbonyl (C=O) groups excluding carboxylic acids is 1. The lowest BCUT2D eigenvalue weighted by atomic mass is 10.2. The molecular weight excluding hydrogens is 550 g/mol. The van der Waals surface area contributed by atoms with Crippen molar-refractivity contribution in [2.45, 2.75) is 23.6 Å². The Hall–Kier alpha value is -4.35. The zero-order valence-corrected chi connectivity index (χ0v) is 23.6. The topological polar surface area (TPSA) is 122 Å². The predicted octanol–water partition coefficient (Wildman–Crippen LogP) is 5.03. The molecule has 11 heteroatoms. The van der Waals surface area contributed by atoms with E-state index >= 15 is 0 Å². The third-order valence-corrected chi connectivity index (χ3v) is 8.99. The number of ether oxygens (including phenoxy) is 1. The van der Waals surface area contributed by atoms with Crippen molar-refractivity contribution in [1.82, 2.24) is 0 Å². The van der Waals surface area contributed by atoms with Gasteiger partial charge < -0.3 is 10.1 Å². The van der Waals surface area contributed by atoms with E-state index in [9.17, 15) is 21.6 Å². The molecule has 0 radical (unpaired) electrons. The summed E-state index contributed by atoms with van der Waals surface area (Å²) < 4.78 is 61.5. The molecule has 0 aliphatic rings. The van der Waals surface area contributed by atoms with E-state index in [2.05, 4.69) is 10.0 Å². The second-order valence-corrected chi connectivity index (χ2v) is 12.3. The normalized spacial score (nSPS) is 11.4. The van der Waals surface area contributed by atoms with Crippen LogP contribution in [0.1, 0.15) is 12.5 Å². The molecular formula is C29H29N3O6S2. The quantitative estimate of drug-likeness (QED) is 0.257. The van der Waals surface area contributed by atoms with Gasteiger partial charge in [0.15, 0.2) is 0 Å². The summed E-state index contributed by atoms with van der Waals surface area (Å²) in [7, 11) is -7.93. The van der Waals surface area contributed by atoms with Crippen molar-refractivity contribution in [3.05, 3.63) is 109 Å². The summed E-state index contributed by atoms with van der Waals surface area (Å²) >= 11 is 0. The first-order valence-electron chi connectivity index (χ1n) is 12.4. The zero-order valence-electron chi connectivity index (χ0n) is 21.9. The summed E-state index contributed by atoms with van der Waals surface area (Å²) in [5.41, 5.74) is 1.91. The Kier molecular flexibility index (Phi) is 8.76. The first-order chi connectivity index (χ1) is 19.1. The van der Waals surface area contributed by atoms with Crippen LogP contribution in [0.3, 0.4) is 0 Å². The van der Waals surface area contributed by atoms with Crippen molar-refractivity contribution in [1.29, 1.82) is 0 Å². The van der Waals surface area contributed by atoms with Gasteiger partial charge in [0.1, 0.15) is 12.3 Å². The Labute approximate surface area is 234 Å². The molecule has 0 aromatic heterocycles. The molecule has 0 saturated heterocycles. The number of benzene rings is 4. The Morgan fingerprint density at radius 3 is 1.95 bits per heavy atom. The van der Waals surface area contributed by atoms with Crippen molar-refractivity contribution in [3.63, 3.8) is 0 Å². The molecule has 40 heavy (non-hydrogen) atoms. The zero-order chi connectivity index (χ0) is 28.8. The van der Waals surface area contributed by atoms with Gasteiger partial charge in [-0.2, -0.15) is 0 Å². The molecule has 208 valence electrons. The van der Waals surface area contributed by atoms with Crippen LogP contribution in [-0.4, -0.2) is 35.9 Å². The maximum absolute atomic E-state index is 13.6. The number of nitrogens with one attached hydrogen (secondary N) is 2. The van der Waals surface area contributed by atoms with Crippen LogP contribution in [0, 0.1) is 6.92 Å². The molecule has 0 saturated carbocycles. The molecule has 0 heterocycles. The van der Waals surface area contributed by atoms with Gasteiger partial charge in [-0.05, 0) is 86.6 Å². The fourth-order valence-corrected chi connectivity index (χ4v) is 6.28. The van der Waals surface area contributed by atoms with Crippen LogP contribution >= 0.6 is 0 Å². The fraction of sp³-hybridized carbons (Fsp3) is 0.138. The third-order valence-electron chi connectivity index (χ3n) is 5.81. The molecule has 4 aromatic rings. The highest BCUT2D eigenvalue weighted by atomic mass is 32.2. The van der Waals surface area contributed by atoms with Gasteiger partial charge >= 0.3 is 0 Å². The van der Waals surface area contributed by atoms with Crippen molar-refractivity contribution in [2.75, 3.05) is 27.5 Å². The third kappa shape index (κ3) is 6.99. The van der Waals surface area contributed by atoms with Gasteiger partial charge in [-0.25, -0.2) is 16.8 Å². The lowest BCUT2D eigenvalue weighted by molar-refractivity contribution is -0.114. The predicted molar refractivity (Wildman–Crippen MR) is 156 cm³/mol. The van der Waals surface area contributed by atoms with Gasteiger partial charge in [-0.1, -0.05) is 35.9 Å². The highest BCUT2D eigenvalue weighted by Gasteiger charge is 2.27. The van der Waals surface area contributed by atoms with E-state index < -0.39 is 32.5 Å². The molecule has 0 aliphatic carbocycles. The van der Waals surface area contributed by atoms with E-state index in [0.717, 1.165) is 9.87 Å². The summed E-state index contributed by atoms with van der Waals surface area (Å²) in [6.45, 7) is 3.63. The van der Waals surface area contributed by atoms with Crippen molar-refractivity contribution < 1.29 is 26.4 Å². The number of sulfonamides is 2. The number of amides is 1. The fourth-order valence-electron chi connectivity index (χ4n) is 3.80. The number of para-hydroxylation sites is 1. The lowest BCUT2D eigenvalue weighted by Crippen LogP contribution is -2.38. The first kappa shape index (κ1) is 28.7. The number of rotatable bonds is 11. The minimum absolute atomic E-state index is 0.00677. The maximum Gasteiger partial charge on any atom is 0.264 e. The molecule has 1 amide bonds. The van der Waals surface area contributed by atoms with E-state index in [0.29, 0.717) is 23.7 Å². The second-order valence-electron chi connectivity index (χ2n) is 8.80. The first-order valence-corrected chi connectivity index (χ1v) is 15.3. The van der Waals surface area contributed by atoms with Gasteiger partial charge in [0.05, 0.1) is 22.1 Å². The molecule has 4 aromatic carbocycles. The summed E-state index contributed by atoms with van der Waals surface area (Å²) in [6, 6.07) is 26.8. The minimum Gasteiger partial charge on any atom is -0.494 e. The average Bonchev–Trinajstić information content (AvgIpc) is 2.93. The molecule has 0 aliphatic heterocycles. The van der Waals surface area contributed by atoms with Crippen LogP contribution in [0.5, 0.6) is 5.75 Å². The van der Waals surface area contributed by atoms with E-state index in [-0.39, 0.29) is 15.5 Å². The van der Waals surface area contributed by atoms with Crippen LogP contribution in [0.15, 0.2) is 113 Å². The number of hydrogen-bond acceptors (Lipinski definition) is 6. The van der Waals surface area contributed by atoms with E-state index in [1.165, 1.54) is 36.4 Å². The number of carbonyl (C=O) groups is 1. The molecule has 0 spiro atoms. The Morgan fingerprint density at radius 2 is 1.35 bits per heavy atom. The molecule has 0 atom stereocenters. The number of nitrogens with zero attached hydrogens (tertiary/aromatic N) is 1. The van der Waals surface area contributed by atoms with Gasteiger partial charge in [-0.15, -0.1) is 0 Å². The summed E-state index contributed by atoms with van der Waals surface area (Å²) in [5.74, 6) is -0.0391. The van der Waals surface area contributed by atoms with E-state index in [4.69, 9.17) is 4.74 Å². The minimum atomic E-state index is -4.10. The van der Waals surface area contributed by atoms with Crippen LogP contribution in [0.25, 0.3) is 0 Å². The second kappa shape index (κ2) is 12.2. The molecule has 0 unspecified atom stereocenters. The van der Waals surface area contributed by atoms with Crippen molar-refractivity contribution in [3.8, 4) is 5.75 Å². The largest absolute Gasteiger partial charge is 0.494 e.